The molecule has 2 amide bonds. The van der Waals surface area contributed by atoms with Crippen LogP contribution in [0.25, 0.3) is 0 Å². The minimum atomic E-state index is -0.460. The van der Waals surface area contributed by atoms with Gasteiger partial charge in [-0.3, -0.25) is 9.59 Å². The van der Waals surface area contributed by atoms with E-state index in [-0.39, 0.29) is 11.8 Å². The number of hydrogen-bond acceptors (Lipinski definition) is 4. The Morgan fingerprint density at radius 1 is 1.14 bits per heavy atom. The van der Waals surface area contributed by atoms with Crippen molar-refractivity contribution < 1.29 is 14.7 Å². The molecule has 6 heteroatoms. The van der Waals surface area contributed by atoms with Gasteiger partial charge in [0.15, 0.2) is 0 Å². The fourth-order valence-electron chi connectivity index (χ4n) is 4.84. The lowest BCUT2D eigenvalue weighted by Crippen LogP contribution is -2.56. The van der Waals surface area contributed by atoms with Crippen LogP contribution >= 0.6 is 11.3 Å². The molecule has 2 fully saturated rings. The highest BCUT2D eigenvalue weighted by Crippen LogP contribution is 2.42. The number of aliphatic hydroxyl groups excluding tert-OH is 1. The van der Waals surface area contributed by atoms with E-state index in [1.165, 1.54) is 36.1 Å². The minimum Gasteiger partial charge on any atom is -0.391 e. The van der Waals surface area contributed by atoms with Crippen LogP contribution < -0.4 is 5.32 Å². The predicted molar refractivity (Wildman–Crippen MR) is 111 cm³/mol. The second-order valence-electron chi connectivity index (χ2n) is 8.84. The molecule has 1 atom stereocenters. The van der Waals surface area contributed by atoms with Crippen LogP contribution in [0, 0.1) is 5.41 Å². The van der Waals surface area contributed by atoms with Crippen LogP contribution in [-0.4, -0.2) is 47.6 Å². The lowest BCUT2D eigenvalue weighted by atomic mass is 9.67. The van der Waals surface area contributed by atoms with Gasteiger partial charge < -0.3 is 15.3 Å². The summed E-state index contributed by atoms with van der Waals surface area (Å²) in [5.74, 6) is 0.0887. The summed E-state index contributed by atoms with van der Waals surface area (Å²) in [7, 11) is 0. The molecule has 2 aliphatic carbocycles. The fraction of sp³-hybridized carbons (Fsp3) is 0.727. The normalized spacial score (nSPS) is 24.5. The zero-order valence-electron chi connectivity index (χ0n) is 16.7. The van der Waals surface area contributed by atoms with Crippen molar-refractivity contribution in [3.05, 3.63) is 21.4 Å². The van der Waals surface area contributed by atoms with Crippen LogP contribution in [0.2, 0.25) is 0 Å². The van der Waals surface area contributed by atoms with Crippen molar-refractivity contribution in [3.8, 4) is 0 Å². The maximum Gasteiger partial charge on any atom is 0.261 e. The molecular weight excluding hydrogens is 372 g/mol. The van der Waals surface area contributed by atoms with E-state index in [2.05, 4.69) is 11.4 Å². The maximum absolute atomic E-state index is 13.1. The molecule has 28 heavy (non-hydrogen) atoms. The standard InChI is InChI=1S/C22H32N2O3S/c25-17-8-5-12-24(14-17)21(27)22(10-6-11-22)15-23-20(26)19-13-16-7-3-1-2-4-9-18(16)28-19/h13,17,25H,1-12,14-15H2,(H,23,26). The lowest BCUT2D eigenvalue weighted by molar-refractivity contribution is -0.150. The number of amides is 2. The summed E-state index contributed by atoms with van der Waals surface area (Å²) >= 11 is 1.64. The van der Waals surface area contributed by atoms with Gasteiger partial charge in [-0.1, -0.05) is 19.3 Å². The Hall–Kier alpha value is -1.40. The average molecular weight is 405 g/mol. The summed E-state index contributed by atoms with van der Waals surface area (Å²) in [6, 6.07) is 2.08. The average Bonchev–Trinajstić information content (AvgIpc) is 3.02. The van der Waals surface area contributed by atoms with Crippen molar-refractivity contribution in [2.75, 3.05) is 19.6 Å². The molecule has 0 spiro atoms. The number of aryl methyl sites for hydroxylation is 2. The Labute approximate surface area is 171 Å². The van der Waals surface area contributed by atoms with Crippen LogP contribution in [0.1, 0.15) is 77.9 Å². The van der Waals surface area contributed by atoms with Crippen molar-refractivity contribution in [1.29, 1.82) is 0 Å². The number of likely N-dealkylation sites (tertiary alicyclic amines) is 1. The van der Waals surface area contributed by atoms with Gasteiger partial charge in [0.25, 0.3) is 5.91 Å². The molecule has 0 radical (unpaired) electrons. The van der Waals surface area contributed by atoms with Crippen LogP contribution in [0.4, 0.5) is 0 Å². The van der Waals surface area contributed by atoms with Crippen LogP contribution in [0.3, 0.4) is 0 Å². The molecule has 1 saturated heterocycles. The molecule has 1 aromatic heterocycles. The number of carbonyl (C=O) groups excluding carboxylic acids is 2. The topological polar surface area (TPSA) is 69.6 Å². The summed E-state index contributed by atoms with van der Waals surface area (Å²) in [5.41, 5.74) is 0.894. The number of fused-ring (bicyclic) bond motifs is 1. The van der Waals surface area contributed by atoms with Crippen LogP contribution in [-0.2, 0) is 17.6 Å². The first-order chi connectivity index (χ1) is 13.6. The Bertz CT molecular complexity index is 700. The number of nitrogens with zero attached hydrogens (tertiary/aromatic N) is 1. The molecule has 1 aliphatic heterocycles. The number of aliphatic hydroxyl groups is 1. The summed E-state index contributed by atoms with van der Waals surface area (Å²) in [6.07, 6.45) is 11.1. The van der Waals surface area contributed by atoms with Gasteiger partial charge in [0, 0.05) is 24.5 Å². The number of rotatable bonds is 4. The number of thiophene rings is 1. The van der Waals surface area contributed by atoms with Gasteiger partial charge in [-0.15, -0.1) is 11.3 Å². The largest absolute Gasteiger partial charge is 0.391 e. The highest BCUT2D eigenvalue weighted by atomic mass is 32.1. The van der Waals surface area contributed by atoms with Crippen molar-refractivity contribution >= 4 is 23.2 Å². The number of β-amino-alcohol motifs (C(OH)–C–C–N with tert-alkyl or cyclic N) is 1. The fourth-order valence-corrected chi connectivity index (χ4v) is 6.01. The van der Waals surface area contributed by atoms with E-state index >= 15 is 0 Å². The van der Waals surface area contributed by atoms with E-state index in [4.69, 9.17) is 0 Å². The predicted octanol–water partition coefficient (Wildman–Crippen LogP) is 3.29. The Kier molecular flexibility index (Phi) is 6.07. The number of piperidine rings is 1. The zero-order chi connectivity index (χ0) is 19.6. The summed E-state index contributed by atoms with van der Waals surface area (Å²) in [6.45, 7) is 1.58. The lowest BCUT2D eigenvalue weighted by Gasteiger charge is -2.45. The Morgan fingerprint density at radius 3 is 2.64 bits per heavy atom. The van der Waals surface area contributed by atoms with E-state index in [0.29, 0.717) is 13.1 Å². The molecule has 154 valence electrons. The zero-order valence-corrected chi connectivity index (χ0v) is 17.5. The Morgan fingerprint density at radius 2 is 1.93 bits per heavy atom. The van der Waals surface area contributed by atoms with E-state index in [9.17, 15) is 14.7 Å². The molecule has 2 heterocycles. The molecule has 3 aliphatic rings. The first-order valence-corrected chi connectivity index (χ1v) is 11.8. The highest BCUT2D eigenvalue weighted by molar-refractivity contribution is 7.14. The Balaban J connectivity index is 1.39. The van der Waals surface area contributed by atoms with E-state index < -0.39 is 11.5 Å². The van der Waals surface area contributed by atoms with E-state index in [1.54, 1.807) is 11.3 Å². The highest BCUT2D eigenvalue weighted by Gasteiger charge is 2.47. The SMILES string of the molecule is O=C(NCC1(C(=O)N2CCCC(O)C2)CCC1)c1cc2c(s1)CCCCCC2. The molecule has 0 aromatic carbocycles. The van der Waals surface area contributed by atoms with E-state index in [1.807, 2.05) is 4.90 Å². The van der Waals surface area contributed by atoms with Crippen LogP contribution in [0.15, 0.2) is 6.07 Å². The van der Waals surface area contributed by atoms with Gasteiger partial charge in [-0.25, -0.2) is 0 Å². The number of nitrogens with one attached hydrogen (secondary N) is 1. The van der Waals surface area contributed by atoms with Crippen molar-refractivity contribution in [3.63, 3.8) is 0 Å². The smallest absolute Gasteiger partial charge is 0.261 e. The first-order valence-electron chi connectivity index (χ1n) is 10.9. The van der Waals surface area contributed by atoms with E-state index in [0.717, 1.165) is 56.4 Å². The van der Waals surface area contributed by atoms with Gasteiger partial charge in [0.2, 0.25) is 5.91 Å². The number of hydrogen-bond donors (Lipinski definition) is 2. The van der Waals surface area contributed by atoms with Crippen molar-refractivity contribution in [1.82, 2.24) is 10.2 Å². The third kappa shape index (κ3) is 4.13. The van der Waals surface area contributed by atoms with Gasteiger partial charge >= 0.3 is 0 Å². The third-order valence-corrected chi connectivity index (χ3v) is 7.99. The molecule has 0 bridgehead atoms. The molecule has 1 unspecified atom stereocenters. The van der Waals surface area contributed by atoms with Crippen molar-refractivity contribution in [2.45, 2.75) is 76.7 Å². The second kappa shape index (κ2) is 8.54. The third-order valence-electron chi connectivity index (χ3n) is 6.76. The molecule has 5 nitrogen and oxygen atoms in total. The summed E-state index contributed by atoms with van der Waals surface area (Å²) < 4.78 is 0. The molecule has 4 rings (SSSR count). The van der Waals surface area contributed by atoms with Gasteiger partial charge in [0.05, 0.1) is 16.4 Å². The monoisotopic (exact) mass is 404 g/mol. The van der Waals surface area contributed by atoms with Crippen molar-refractivity contribution in [2.24, 2.45) is 5.41 Å². The van der Waals surface area contributed by atoms with Gasteiger partial charge in [0.1, 0.15) is 0 Å². The molecular formula is C22H32N2O3S. The summed E-state index contributed by atoms with van der Waals surface area (Å²) in [5, 5.41) is 13.0. The quantitative estimate of drug-likeness (QED) is 0.809. The second-order valence-corrected chi connectivity index (χ2v) is 9.97. The van der Waals surface area contributed by atoms with Crippen LogP contribution in [0.5, 0.6) is 0 Å². The molecule has 1 aromatic rings. The van der Waals surface area contributed by atoms with Gasteiger partial charge in [-0.05, 0) is 63.0 Å². The molecule has 2 N–H and O–H groups in total. The van der Waals surface area contributed by atoms with Gasteiger partial charge in [-0.2, -0.15) is 0 Å². The minimum absolute atomic E-state index is 0.0329. The number of carbonyl (C=O) groups is 2. The maximum atomic E-state index is 13.1. The molecule has 1 saturated carbocycles. The first kappa shape index (κ1) is 19.9. The summed E-state index contributed by atoms with van der Waals surface area (Å²) in [4.78, 5) is 29.9.